The van der Waals surface area contributed by atoms with Crippen LogP contribution in [0.3, 0.4) is 0 Å². The first kappa shape index (κ1) is 27.0. The van der Waals surface area contributed by atoms with Crippen LogP contribution in [0, 0.1) is 23.7 Å². The average molecular weight is 558 g/mol. The average Bonchev–Trinajstić information content (AvgIpc) is 2.79. The summed E-state index contributed by atoms with van der Waals surface area (Å²) in [5, 5.41) is 2.36. The molecule has 0 heterocycles. The van der Waals surface area contributed by atoms with Gasteiger partial charge in [0.2, 0.25) is 0 Å². The molecule has 0 aliphatic carbocycles. The molecule has 0 atom stereocenters. The van der Waals surface area contributed by atoms with Gasteiger partial charge in [-0.3, -0.25) is 0 Å². The van der Waals surface area contributed by atoms with Crippen molar-refractivity contribution in [1.82, 2.24) is 0 Å². The maximum absolute atomic E-state index is 3.72. The Morgan fingerprint density at radius 2 is 0.906 bits per heavy atom. The molecule has 0 aliphatic heterocycles. The van der Waals surface area contributed by atoms with E-state index in [2.05, 4.69) is 93.7 Å². The molecule has 172 valence electrons. The zero-order valence-electron chi connectivity index (χ0n) is 20.0. The van der Waals surface area contributed by atoms with E-state index < -0.39 is 0 Å². The van der Waals surface area contributed by atoms with Crippen LogP contribution in [-0.4, -0.2) is 0 Å². The molecule has 0 amide bonds. The van der Waals surface area contributed by atoms with E-state index in [0.717, 1.165) is 32.9 Å². The van der Waals surface area contributed by atoms with Gasteiger partial charge in [-0.1, -0.05) is 114 Å². The Morgan fingerprint density at radius 1 is 0.531 bits per heavy atom. The van der Waals surface area contributed by atoms with Gasteiger partial charge in [-0.2, -0.15) is 0 Å². The summed E-state index contributed by atoms with van der Waals surface area (Å²) in [6.45, 7) is 4.53. The van der Waals surface area contributed by atoms with Crippen LogP contribution in [0.4, 0.5) is 0 Å². The van der Waals surface area contributed by atoms with Gasteiger partial charge in [0.15, 0.2) is 0 Å². The van der Waals surface area contributed by atoms with Gasteiger partial charge in [0.1, 0.15) is 0 Å². The number of fused-ring (bicyclic) bond motifs is 1. The third kappa shape index (κ3) is 9.33. The van der Waals surface area contributed by atoms with Gasteiger partial charge in [0, 0.05) is 32.9 Å². The van der Waals surface area contributed by atoms with E-state index in [-0.39, 0.29) is 0 Å². The fourth-order valence-corrected chi connectivity index (χ4v) is 4.79. The second-order valence-electron chi connectivity index (χ2n) is 8.58. The molecule has 0 aliphatic rings. The minimum absolute atomic E-state index is 0.969. The molecule has 0 aromatic heterocycles. The smallest absolute Gasteiger partial charge is 0.0466 e. The quantitative estimate of drug-likeness (QED) is 0.180. The topological polar surface area (TPSA) is 0 Å². The molecule has 2 aromatic rings. The molecule has 2 rings (SSSR count). The zero-order valence-corrected chi connectivity index (χ0v) is 23.1. The van der Waals surface area contributed by atoms with Crippen LogP contribution in [0.2, 0.25) is 0 Å². The zero-order chi connectivity index (χ0) is 23.0. The summed E-state index contributed by atoms with van der Waals surface area (Å²) in [5.74, 6) is 13.7. The molecule has 0 saturated heterocycles. The lowest BCUT2D eigenvalue weighted by molar-refractivity contribution is 0.614. The minimum Gasteiger partial charge on any atom is -0.0978 e. The highest BCUT2D eigenvalue weighted by Gasteiger charge is 2.09. The Kier molecular flexibility index (Phi) is 13.9. The molecular formula is C30H38Br2. The highest BCUT2D eigenvalue weighted by molar-refractivity contribution is 9.10. The summed E-state index contributed by atoms with van der Waals surface area (Å²) in [5.41, 5.74) is 2.17. The molecule has 0 N–H and O–H groups in total. The monoisotopic (exact) mass is 556 g/mol. The maximum Gasteiger partial charge on any atom is 0.0466 e. The number of benzene rings is 2. The molecule has 0 spiro atoms. The Hall–Kier alpha value is -1.22. The summed E-state index contributed by atoms with van der Waals surface area (Å²) in [7, 11) is 0. The van der Waals surface area contributed by atoms with Crippen LogP contribution in [0.15, 0.2) is 33.2 Å². The fraction of sp³-hybridized carbons (Fsp3) is 0.533. The lowest BCUT2D eigenvalue weighted by Gasteiger charge is -2.08. The third-order valence-electron chi connectivity index (χ3n) is 5.84. The van der Waals surface area contributed by atoms with Crippen LogP contribution in [-0.2, 0) is 0 Å². The van der Waals surface area contributed by atoms with Crippen molar-refractivity contribution in [1.29, 1.82) is 0 Å². The number of unbranched alkanes of at least 4 members (excludes halogenated alkanes) is 12. The third-order valence-corrected chi connectivity index (χ3v) is 7.16. The first-order valence-electron chi connectivity index (χ1n) is 12.6. The largest absolute Gasteiger partial charge is 0.0978 e. The molecule has 0 saturated carbocycles. The van der Waals surface area contributed by atoms with Crippen LogP contribution >= 0.6 is 31.9 Å². The van der Waals surface area contributed by atoms with Crippen LogP contribution in [0.1, 0.15) is 115 Å². The van der Waals surface area contributed by atoms with Gasteiger partial charge >= 0.3 is 0 Å². The van der Waals surface area contributed by atoms with Crippen molar-refractivity contribution >= 4 is 42.6 Å². The van der Waals surface area contributed by atoms with Crippen molar-refractivity contribution < 1.29 is 0 Å². The predicted molar refractivity (Wildman–Crippen MR) is 149 cm³/mol. The van der Waals surface area contributed by atoms with E-state index in [0.29, 0.717) is 0 Å². The minimum atomic E-state index is 0.969. The van der Waals surface area contributed by atoms with Crippen molar-refractivity contribution in [3.8, 4) is 23.7 Å². The van der Waals surface area contributed by atoms with E-state index in [9.17, 15) is 0 Å². The van der Waals surface area contributed by atoms with Crippen molar-refractivity contribution in [2.24, 2.45) is 0 Å². The van der Waals surface area contributed by atoms with Crippen molar-refractivity contribution in [3.05, 3.63) is 44.3 Å². The maximum atomic E-state index is 3.72. The van der Waals surface area contributed by atoms with E-state index in [1.807, 2.05) is 0 Å². The lowest BCUT2D eigenvalue weighted by Crippen LogP contribution is -1.88. The van der Waals surface area contributed by atoms with E-state index in [4.69, 9.17) is 0 Å². The Balaban J connectivity index is 2.06. The van der Waals surface area contributed by atoms with Crippen LogP contribution in [0.25, 0.3) is 10.8 Å². The van der Waals surface area contributed by atoms with Crippen molar-refractivity contribution in [2.45, 2.75) is 104 Å². The highest BCUT2D eigenvalue weighted by atomic mass is 79.9. The molecule has 0 unspecified atom stereocenters. The van der Waals surface area contributed by atoms with Gasteiger partial charge in [-0.05, 0) is 67.6 Å². The Bertz CT molecular complexity index is 871. The second-order valence-corrected chi connectivity index (χ2v) is 10.3. The molecule has 2 heteroatoms. The second kappa shape index (κ2) is 16.4. The standard InChI is InChI=1S/C30H38Br2/c1-3-5-7-9-11-13-15-17-19-27-25-21-24-30(32)28(26(25)22-23-29(27)31)20-18-16-14-12-10-8-6-4-2/h21-24H,3-16H2,1-2H3. The van der Waals surface area contributed by atoms with E-state index in [1.165, 1.54) is 87.8 Å². The lowest BCUT2D eigenvalue weighted by atomic mass is 10.00. The number of hydrogen-bond acceptors (Lipinski definition) is 0. The molecule has 0 fully saturated rings. The van der Waals surface area contributed by atoms with Gasteiger partial charge < -0.3 is 0 Å². The van der Waals surface area contributed by atoms with E-state index >= 15 is 0 Å². The normalized spacial score (nSPS) is 10.5. The molecular weight excluding hydrogens is 520 g/mol. The molecule has 0 bridgehead atoms. The molecule has 32 heavy (non-hydrogen) atoms. The Morgan fingerprint density at radius 3 is 1.31 bits per heavy atom. The highest BCUT2D eigenvalue weighted by Crippen LogP contribution is 2.31. The van der Waals surface area contributed by atoms with Gasteiger partial charge in [0.05, 0.1) is 0 Å². The SMILES string of the molecule is CCCCCCCCC#Cc1c(Br)ccc2c(C#CCCCCCCCC)c(Br)ccc12. The molecule has 0 radical (unpaired) electrons. The number of hydrogen-bond donors (Lipinski definition) is 0. The number of halogens is 2. The first-order valence-corrected chi connectivity index (χ1v) is 14.2. The fourth-order valence-electron chi connectivity index (χ4n) is 3.90. The van der Waals surface area contributed by atoms with Gasteiger partial charge in [-0.15, -0.1) is 0 Å². The van der Waals surface area contributed by atoms with Crippen LogP contribution in [0.5, 0.6) is 0 Å². The van der Waals surface area contributed by atoms with Crippen molar-refractivity contribution in [3.63, 3.8) is 0 Å². The summed E-state index contributed by atoms with van der Waals surface area (Å²) in [6.07, 6.45) is 17.6. The van der Waals surface area contributed by atoms with Crippen molar-refractivity contribution in [2.75, 3.05) is 0 Å². The summed E-state index contributed by atoms with van der Waals surface area (Å²) < 4.78 is 2.13. The molecule has 2 aromatic carbocycles. The Labute approximate surface area is 213 Å². The van der Waals surface area contributed by atoms with Gasteiger partial charge in [0.25, 0.3) is 0 Å². The summed E-state index contributed by atoms with van der Waals surface area (Å²) in [4.78, 5) is 0. The number of rotatable bonds is 12. The molecule has 0 nitrogen and oxygen atoms in total. The van der Waals surface area contributed by atoms with E-state index in [1.54, 1.807) is 0 Å². The predicted octanol–water partition coefficient (Wildman–Crippen LogP) is 10.6. The first-order chi connectivity index (χ1) is 15.7. The van der Waals surface area contributed by atoms with Gasteiger partial charge in [-0.25, -0.2) is 0 Å². The summed E-state index contributed by atoms with van der Waals surface area (Å²) >= 11 is 7.44. The summed E-state index contributed by atoms with van der Waals surface area (Å²) in [6, 6.07) is 8.56. The van der Waals surface area contributed by atoms with Crippen LogP contribution < -0.4 is 0 Å².